The first kappa shape index (κ1) is 12.0. The Morgan fingerprint density at radius 2 is 2.07 bits per heavy atom. The van der Waals surface area contributed by atoms with E-state index in [0.29, 0.717) is 0 Å². The molecule has 3 nitrogen and oxygen atoms in total. The molecular weight excluding hydrogens is 213 g/mol. The van der Waals surface area contributed by atoms with E-state index in [2.05, 4.69) is 4.74 Å². The first-order chi connectivity index (χ1) is 6.86. The Bertz CT molecular complexity index is 272. The zero-order chi connectivity index (χ0) is 11.6. The molecule has 0 amide bonds. The molecule has 0 heterocycles. The molecule has 1 fully saturated rings. The number of hydrogen-bond donors (Lipinski definition) is 0. The highest BCUT2D eigenvalue weighted by Gasteiger charge is 2.50. The number of ketones is 1. The molecule has 2 atom stereocenters. The smallest absolute Gasteiger partial charge is 0.392 e. The van der Waals surface area contributed by atoms with Crippen molar-refractivity contribution in [3.8, 4) is 0 Å². The fourth-order valence-electron chi connectivity index (χ4n) is 1.80. The standard InChI is InChI=1S/C9H11F3O3/c1-15-8(14)6-4-5(13)2-3-7(6)9(10,11)12/h6-7H,2-4H2,1H3. The lowest BCUT2D eigenvalue weighted by molar-refractivity contribution is -0.203. The molecule has 1 saturated carbocycles. The number of carbonyl (C=O) groups excluding carboxylic acids is 2. The Labute approximate surface area is 84.6 Å². The van der Waals surface area contributed by atoms with Gasteiger partial charge in [0.25, 0.3) is 0 Å². The van der Waals surface area contributed by atoms with Crippen LogP contribution in [-0.4, -0.2) is 25.0 Å². The van der Waals surface area contributed by atoms with Crippen molar-refractivity contribution >= 4 is 11.8 Å². The molecule has 15 heavy (non-hydrogen) atoms. The SMILES string of the molecule is COC(=O)C1CC(=O)CCC1C(F)(F)F. The summed E-state index contributed by atoms with van der Waals surface area (Å²) in [5.41, 5.74) is 0. The summed E-state index contributed by atoms with van der Waals surface area (Å²) in [6.07, 6.45) is -5.24. The third-order valence-corrected chi connectivity index (χ3v) is 2.59. The molecular formula is C9H11F3O3. The molecule has 0 radical (unpaired) electrons. The minimum absolute atomic E-state index is 0.113. The van der Waals surface area contributed by atoms with Gasteiger partial charge < -0.3 is 4.74 Å². The van der Waals surface area contributed by atoms with Crippen molar-refractivity contribution in [1.29, 1.82) is 0 Å². The minimum atomic E-state index is -4.44. The second-order valence-electron chi connectivity index (χ2n) is 3.56. The molecule has 0 saturated heterocycles. The van der Waals surface area contributed by atoms with E-state index in [-0.39, 0.29) is 25.0 Å². The monoisotopic (exact) mass is 224 g/mol. The topological polar surface area (TPSA) is 43.4 Å². The Morgan fingerprint density at radius 3 is 2.53 bits per heavy atom. The summed E-state index contributed by atoms with van der Waals surface area (Å²) < 4.78 is 41.8. The predicted molar refractivity (Wildman–Crippen MR) is 43.9 cm³/mol. The lowest BCUT2D eigenvalue weighted by atomic mass is 9.78. The lowest BCUT2D eigenvalue weighted by Crippen LogP contribution is -2.40. The molecule has 1 aliphatic carbocycles. The maximum Gasteiger partial charge on any atom is 0.392 e. The van der Waals surface area contributed by atoms with E-state index in [9.17, 15) is 22.8 Å². The van der Waals surface area contributed by atoms with Crippen LogP contribution in [0.4, 0.5) is 13.2 Å². The number of ether oxygens (including phenoxy) is 1. The zero-order valence-corrected chi connectivity index (χ0v) is 8.13. The van der Waals surface area contributed by atoms with Crippen LogP contribution in [0.25, 0.3) is 0 Å². The second kappa shape index (κ2) is 4.20. The zero-order valence-electron chi connectivity index (χ0n) is 8.13. The number of Topliss-reactive ketones (excluding diaryl/α,β-unsaturated/α-hetero) is 1. The molecule has 0 aromatic rings. The van der Waals surface area contributed by atoms with Crippen LogP contribution in [0.1, 0.15) is 19.3 Å². The summed E-state index contributed by atoms with van der Waals surface area (Å²) in [6, 6.07) is 0. The van der Waals surface area contributed by atoms with Gasteiger partial charge in [-0.25, -0.2) is 0 Å². The highest BCUT2D eigenvalue weighted by Crippen LogP contribution is 2.40. The lowest BCUT2D eigenvalue weighted by Gasteiger charge is -2.30. The third-order valence-electron chi connectivity index (χ3n) is 2.59. The van der Waals surface area contributed by atoms with Gasteiger partial charge in [0.15, 0.2) is 0 Å². The van der Waals surface area contributed by atoms with Gasteiger partial charge in [-0.15, -0.1) is 0 Å². The van der Waals surface area contributed by atoms with Crippen molar-refractivity contribution in [3.05, 3.63) is 0 Å². The quantitative estimate of drug-likeness (QED) is 0.637. The van der Waals surface area contributed by atoms with Crippen LogP contribution < -0.4 is 0 Å². The first-order valence-electron chi connectivity index (χ1n) is 4.52. The molecule has 1 aliphatic rings. The Hall–Kier alpha value is -1.07. The minimum Gasteiger partial charge on any atom is -0.469 e. The summed E-state index contributed by atoms with van der Waals surface area (Å²) in [5.74, 6) is -4.38. The fourth-order valence-corrected chi connectivity index (χ4v) is 1.80. The Morgan fingerprint density at radius 1 is 1.47 bits per heavy atom. The second-order valence-corrected chi connectivity index (χ2v) is 3.56. The van der Waals surface area contributed by atoms with E-state index in [1.54, 1.807) is 0 Å². The van der Waals surface area contributed by atoms with E-state index < -0.39 is 24.0 Å². The van der Waals surface area contributed by atoms with Crippen LogP contribution in [-0.2, 0) is 14.3 Å². The van der Waals surface area contributed by atoms with Crippen LogP contribution in [0.15, 0.2) is 0 Å². The summed E-state index contributed by atoms with van der Waals surface area (Å²) >= 11 is 0. The average molecular weight is 224 g/mol. The number of hydrogen-bond acceptors (Lipinski definition) is 3. The molecule has 2 unspecified atom stereocenters. The van der Waals surface area contributed by atoms with Gasteiger partial charge in [0.1, 0.15) is 5.78 Å². The van der Waals surface area contributed by atoms with Gasteiger partial charge in [0.2, 0.25) is 0 Å². The van der Waals surface area contributed by atoms with Crippen LogP contribution in [0.2, 0.25) is 0 Å². The molecule has 0 aromatic carbocycles. The van der Waals surface area contributed by atoms with Gasteiger partial charge in [-0.3, -0.25) is 9.59 Å². The molecule has 86 valence electrons. The van der Waals surface area contributed by atoms with Crippen LogP contribution in [0, 0.1) is 11.8 Å². The number of methoxy groups -OCH3 is 1. The highest BCUT2D eigenvalue weighted by molar-refractivity contribution is 5.86. The molecule has 1 rings (SSSR count). The van der Waals surface area contributed by atoms with Gasteiger partial charge in [0.05, 0.1) is 18.9 Å². The maximum absolute atomic E-state index is 12.5. The van der Waals surface area contributed by atoms with Crippen molar-refractivity contribution in [1.82, 2.24) is 0 Å². The van der Waals surface area contributed by atoms with Crippen molar-refractivity contribution < 1.29 is 27.5 Å². The van der Waals surface area contributed by atoms with Crippen molar-refractivity contribution in [2.45, 2.75) is 25.4 Å². The maximum atomic E-state index is 12.5. The van der Waals surface area contributed by atoms with Crippen molar-refractivity contribution in [3.63, 3.8) is 0 Å². The number of halogens is 3. The Balaban J connectivity index is 2.84. The summed E-state index contributed by atoms with van der Waals surface area (Å²) in [5, 5.41) is 0. The number of esters is 1. The molecule has 0 aliphatic heterocycles. The molecule has 0 bridgehead atoms. The average Bonchev–Trinajstić information content (AvgIpc) is 2.14. The van der Waals surface area contributed by atoms with Gasteiger partial charge >= 0.3 is 12.1 Å². The van der Waals surface area contributed by atoms with Crippen LogP contribution >= 0.6 is 0 Å². The third kappa shape index (κ3) is 2.70. The van der Waals surface area contributed by atoms with Crippen molar-refractivity contribution in [2.24, 2.45) is 11.8 Å². The number of carbonyl (C=O) groups is 2. The van der Waals surface area contributed by atoms with Gasteiger partial charge in [-0.2, -0.15) is 13.2 Å². The largest absolute Gasteiger partial charge is 0.469 e. The highest BCUT2D eigenvalue weighted by atomic mass is 19.4. The van der Waals surface area contributed by atoms with Gasteiger partial charge in [-0.05, 0) is 6.42 Å². The van der Waals surface area contributed by atoms with Crippen LogP contribution in [0.5, 0.6) is 0 Å². The molecule has 0 aromatic heterocycles. The van der Waals surface area contributed by atoms with E-state index in [1.165, 1.54) is 0 Å². The van der Waals surface area contributed by atoms with Crippen LogP contribution in [0.3, 0.4) is 0 Å². The Kier molecular flexibility index (Phi) is 3.36. The van der Waals surface area contributed by atoms with Crippen molar-refractivity contribution in [2.75, 3.05) is 7.11 Å². The van der Waals surface area contributed by atoms with E-state index in [4.69, 9.17) is 0 Å². The normalized spacial score (nSPS) is 27.6. The summed E-state index contributed by atoms with van der Waals surface area (Å²) in [6.45, 7) is 0. The fraction of sp³-hybridized carbons (Fsp3) is 0.778. The molecule has 6 heteroatoms. The molecule has 0 N–H and O–H groups in total. The van der Waals surface area contributed by atoms with Gasteiger partial charge in [-0.1, -0.05) is 0 Å². The van der Waals surface area contributed by atoms with Gasteiger partial charge in [0, 0.05) is 12.8 Å². The summed E-state index contributed by atoms with van der Waals surface area (Å²) in [4.78, 5) is 22.1. The van der Waals surface area contributed by atoms with E-state index in [0.717, 1.165) is 7.11 Å². The van der Waals surface area contributed by atoms with E-state index in [1.807, 2.05) is 0 Å². The first-order valence-corrected chi connectivity index (χ1v) is 4.52. The number of alkyl halides is 3. The van der Waals surface area contributed by atoms with E-state index >= 15 is 0 Å². The predicted octanol–water partition coefficient (Wildman–Crippen LogP) is 1.71. The number of rotatable bonds is 1. The molecule has 0 spiro atoms. The summed E-state index contributed by atoms with van der Waals surface area (Å²) in [7, 11) is 1.02.